The highest BCUT2D eigenvalue weighted by Gasteiger charge is 2.35. The van der Waals surface area contributed by atoms with Crippen molar-refractivity contribution in [1.82, 2.24) is 0 Å². The van der Waals surface area contributed by atoms with Gasteiger partial charge in [0.25, 0.3) is 5.91 Å². The van der Waals surface area contributed by atoms with Crippen LogP contribution in [0.5, 0.6) is 5.75 Å². The van der Waals surface area contributed by atoms with Gasteiger partial charge in [0.05, 0.1) is 18.0 Å². The number of nitrogens with zero attached hydrogens (tertiary/aromatic N) is 1. The molecule has 0 aromatic heterocycles. The Morgan fingerprint density at radius 3 is 2.28 bits per heavy atom. The summed E-state index contributed by atoms with van der Waals surface area (Å²) in [5.74, 6) is 0.985. The average Bonchev–Trinajstić information content (AvgIpc) is 3.31. The van der Waals surface area contributed by atoms with Gasteiger partial charge in [0.1, 0.15) is 11.1 Å². The number of carbonyl (C=O) groups is 2. The molecule has 0 bridgehead atoms. The van der Waals surface area contributed by atoms with E-state index in [0.29, 0.717) is 29.4 Å². The SMILES string of the molecule is CCOc1ccccc1N1C(=O)CS[C@@H]1c1ccc(NC(=O)c2ccc(-c3ccccc3)cc2)cc1. The first-order valence-electron chi connectivity index (χ1n) is 11.9. The summed E-state index contributed by atoms with van der Waals surface area (Å²) in [4.78, 5) is 27.4. The van der Waals surface area contributed by atoms with Crippen LogP contribution in [0.2, 0.25) is 0 Å². The average molecular weight is 495 g/mol. The molecule has 1 aliphatic heterocycles. The van der Waals surface area contributed by atoms with Gasteiger partial charge >= 0.3 is 0 Å². The molecule has 0 spiro atoms. The number of rotatable bonds is 7. The summed E-state index contributed by atoms with van der Waals surface area (Å²) in [6, 6.07) is 32.9. The van der Waals surface area contributed by atoms with Crippen LogP contribution in [0.3, 0.4) is 0 Å². The maximum absolute atomic E-state index is 12.8. The first kappa shape index (κ1) is 23.7. The highest BCUT2D eigenvalue weighted by Crippen LogP contribution is 2.44. The van der Waals surface area contributed by atoms with Crippen LogP contribution in [0.15, 0.2) is 103 Å². The zero-order chi connectivity index (χ0) is 24.9. The maximum atomic E-state index is 12.8. The number of hydrogen-bond donors (Lipinski definition) is 1. The topological polar surface area (TPSA) is 58.6 Å². The first-order chi connectivity index (χ1) is 17.6. The molecular weight excluding hydrogens is 468 g/mol. The number of benzene rings is 4. The van der Waals surface area contributed by atoms with Crippen LogP contribution in [-0.4, -0.2) is 24.2 Å². The quantitative estimate of drug-likeness (QED) is 0.308. The van der Waals surface area contributed by atoms with Crippen molar-refractivity contribution < 1.29 is 14.3 Å². The van der Waals surface area contributed by atoms with E-state index in [1.807, 2.05) is 110 Å². The van der Waals surface area contributed by atoms with Gasteiger partial charge in [-0.15, -0.1) is 11.8 Å². The number of anilines is 2. The number of thioether (sulfide) groups is 1. The van der Waals surface area contributed by atoms with Crippen molar-refractivity contribution in [1.29, 1.82) is 0 Å². The van der Waals surface area contributed by atoms with Crippen LogP contribution in [0.4, 0.5) is 11.4 Å². The van der Waals surface area contributed by atoms with Crippen LogP contribution >= 0.6 is 11.8 Å². The van der Waals surface area contributed by atoms with E-state index in [2.05, 4.69) is 5.32 Å². The lowest BCUT2D eigenvalue weighted by Gasteiger charge is -2.26. The van der Waals surface area contributed by atoms with Gasteiger partial charge in [0, 0.05) is 11.3 Å². The minimum absolute atomic E-state index is 0.0495. The number of nitrogens with one attached hydrogen (secondary N) is 1. The third-order valence-electron chi connectivity index (χ3n) is 6.00. The van der Waals surface area contributed by atoms with E-state index in [-0.39, 0.29) is 17.2 Å². The van der Waals surface area contributed by atoms with Gasteiger partial charge in [-0.05, 0) is 60.0 Å². The summed E-state index contributed by atoms with van der Waals surface area (Å²) in [5.41, 5.74) is 5.23. The zero-order valence-electron chi connectivity index (χ0n) is 19.9. The van der Waals surface area contributed by atoms with Crippen LogP contribution in [0.1, 0.15) is 28.2 Å². The predicted molar refractivity (Wildman–Crippen MR) is 147 cm³/mol. The molecular formula is C30H26N2O3S. The lowest BCUT2D eigenvalue weighted by Crippen LogP contribution is -2.28. The standard InChI is InChI=1S/C30H26N2O3S/c1-2-35-27-11-7-6-10-26(27)32-28(33)20-36-30(32)24-16-18-25(19-17-24)31-29(34)23-14-12-22(13-15-23)21-8-4-3-5-9-21/h3-19,30H,2,20H2,1H3,(H,31,34)/t30-/m1/s1. The van der Waals surface area contributed by atoms with Gasteiger partial charge in [0.2, 0.25) is 5.91 Å². The van der Waals surface area contributed by atoms with Crippen molar-refractivity contribution in [2.75, 3.05) is 22.6 Å². The monoisotopic (exact) mass is 494 g/mol. The molecule has 4 aromatic rings. The van der Waals surface area contributed by atoms with Crippen LogP contribution < -0.4 is 15.0 Å². The first-order valence-corrected chi connectivity index (χ1v) is 12.9. The molecule has 180 valence electrons. The number of ether oxygens (including phenoxy) is 1. The second-order valence-electron chi connectivity index (χ2n) is 8.35. The Bertz CT molecular complexity index is 1360. The Labute approximate surface area is 215 Å². The lowest BCUT2D eigenvalue weighted by molar-refractivity contribution is -0.115. The fraction of sp³-hybridized carbons (Fsp3) is 0.133. The second-order valence-corrected chi connectivity index (χ2v) is 9.42. The molecule has 0 aliphatic carbocycles. The summed E-state index contributed by atoms with van der Waals surface area (Å²) < 4.78 is 5.77. The molecule has 1 atom stereocenters. The maximum Gasteiger partial charge on any atom is 0.255 e. The summed E-state index contributed by atoms with van der Waals surface area (Å²) in [7, 11) is 0. The van der Waals surface area contributed by atoms with E-state index in [0.717, 1.165) is 22.4 Å². The van der Waals surface area contributed by atoms with Gasteiger partial charge in [-0.1, -0.05) is 66.7 Å². The molecule has 4 aromatic carbocycles. The van der Waals surface area contributed by atoms with Crippen molar-refractivity contribution in [2.45, 2.75) is 12.3 Å². The van der Waals surface area contributed by atoms with E-state index in [1.54, 1.807) is 16.7 Å². The summed E-state index contributed by atoms with van der Waals surface area (Å²) in [5, 5.41) is 2.81. The highest BCUT2D eigenvalue weighted by atomic mass is 32.2. The smallest absolute Gasteiger partial charge is 0.255 e. The summed E-state index contributed by atoms with van der Waals surface area (Å²) in [6.07, 6.45) is 0. The molecule has 0 unspecified atom stereocenters. The van der Waals surface area contributed by atoms with Gasteiger partial charge in [-0.25, -0.2) is 0 Å². The Balaban J connectivity index is 1.30. The molecule has 6 heteroatoms. The van der Waals surface area contributed by atoms with E-state index in [4.69, 9.17) is 4.74 Å². The van der Waals surface area contributed by atoms with E-state index < -0.39 is 0 Å². The molecule has 36 heavy (non-hydrogen) atoms. The Hall–Kier alpha value is -4.03. The lowest BCUT2D eigenvalue weighted by atomic mass is 10.0. The van der Waals surface area contributed by atoms with Crippen LogP contribution in [0.25, 0.3) is 11.1 Å². The Kier molecular flexibility index (Phi) is 7.05. The molecule has 0 saturated carbocycles. The molecule has 1 saturated heterocycles. The Morgan fingerprint density at radius 2 is 1.56 bits per heavy atom. The van der Waals surface area contributed by atoms with Crippen molar-refractivity contribution in [2.24, 2.45) is 0 Å². The fourth-order valence-electron chi connectivity index (χ4n) is 4.24. The van der Waals surface area contributed by atoms with Gasteiger partial charge < -0.3 is 10.1 Å². The molecule has 5 nitrogen and oxygen atoms in total. The van der Waals surface area contributed by atoms with Crippen molar-refractivity contribution >= 4 is 35.0 Å². The molecule has 1 N–H and O–H groups in total. The largest absolute Gasteiger partial charge is 0.492 e. The van der Waals surface area contributed by atoms with Gasteiger partial charge in [0.15, 0.2) is 0 Å². The Morgan fingerprint density at radius 1 is 0.889 bits per heavy atom. The van der Waals surface area contributed by atoms with E-state index in [9.17, 15) is 9.59 Å². The number of hydrogen-bond acceptors (Lipinski definition) is 4. The van der Waals surface area contributed by atoms with Gasteiger partial charge in [-0.3, -0.25) is 14.5 Å². The molecule has 5 rings (SSSR count). The minimum atomic E-state index is -0.167. The van der Waals surface area contributed by atoms with Crippen molar-refractivity contribution in [3.63, 3.8) is 0 Å². The van der Waals surface area contributed by atoms with Gasteiger partial charge in [-0.2, -0.15) is 0 Å². The normalized spacial score (nSPS) is 15.1. The third kappa shape index (κ3) is 4.99. The summed E-state index contributed by atoms with van der Waals surface area (Å²) >= 11 is 1.58. The highest BCUT2D eigenvalue weighted by molar-refractivity contribution is 8.00. The molecule has 0 radical (unpaired) electrons. The molecule has 1 aliphatic rings. The zero-order valence-corrected chi connectivity index (χ0v) is 20.7. The van der Waals surface area contributed by atoms with Crippen molar-refractivity contribution in [3.8, 4) is 16.9 Å². The summed E-state index contributed by atoms with van der Waals surface area (Å²) in [6.45, 7) is 2.46. The number of amides is 2. The third-order valence-corrected chi connectivity index (χ3v) is 7.21. The number of para-hydroxylation sites is 2. The second kappa shape index (κ2) is 10.7. The minimum Gasteiger partial charge on any atom is -0.492 e. The molecule has 1 fully saturated rings. The van der Waals surface area contributed by atoms with Crippen LogP contribution in [0, 0.1) is 0 Å². The fourth-order valence-corrected chi connectivity index (χ4v) is 5.41. The molecule has 1 heterocycles. The predicted octanol–water partition coefficient (Wildman–Crippen LogP) is 6.78. The van der Waals surface area contributed by atoms with Crippen molar-refractivity contribution in [3.05, 3.63) is 114 Å². The molecule has 2 amide bonds. The van der Waals surface area contributed by atoms with E-state index in [1.165, 1.54) is 0 Å². The number of carbonyl (C=O) groups excluding carboxylic acids is 2. The van der Waals surface area contributed by atoms with Crippen LogP contribution in [-0.2, 0) is 4.79 Å². The van der Waals surface area contributed by atoms with E-state index >= 15 is 0 Å².